The smallest absolute Gasteiger partial charge is 0.128 e. The molecule has 3 N–H and O–H groups in total. The van der Waals surface area contributed by atoms with Crippen LogP contribution in [0.5, 0.6) is 0 Å². The molecule has 2 rings (SSSR count). The van der Waals surface area contributed by atoms with E-state index in [9.17, 15) is 4.39 Å². The predicted molar refractivity (Wildman–Crippen MR) is 66.6 cm³/mol. The third kappa shape index (κ3) is 2.62. The number of halogens is 2. The van der Waals surface area contributed by atoms with Crippen LogP contribution in [0.4, 0.5) is 4.39 Å². The molecular formula is C12H16BrFN2. The SMILES string of the molecule is NC(c1cc(Br)ccc1F)C1CCCNC1. The Morgan fingerprint density at radius 3 is 3.00 bits per heavy atom. The summed E-state index contributed by atoms with van der Waals surface area (Å²) in [4.78, 5) is 0. The minimum absolute atomic E-state index is 0.207. The first-order valence-electron chi connectivity index (χ1n) is 5.59. The van der Waals surface area contributed by atoms with Gasteiger partial charge in [0.05, 0.1) is 0 Å². The fourth-order valence-electron chi connectivity index (χ4n) is 2.21. The van der Waals surface area contributed by atoms with Crippen LogP contribution in [0.15, 0.2) is 22.7 Å². The van der Waals surface area contributed by atoms with Gasteiger partial charge in [-0.25, -0.2) is 4.39 Å². The van der Waals surface area contributed by atoms with Crippen LogP contribution in [-0.4, -0.2) is 13.1 Å². The molecule has 1 fully saturated rings. The third-order valence-electron chi connectivity index (χ3n) is 3.16. The first-order chi connectivity index (χ1) is 7.68. The fraction of sp³-hybridized carbons (Fsp3) is 0.500. The van der Waals surface area contributed by atoms with E-state index in [2.05, 4.69) is 21.2 Å². The van der Waals surface area contributed by atoms with Crippen molar-refractivity contribution in [2.75, 3.05) is 13.1 Å². The van der Waals surface area contributed by atoms with Gasteiger partial charge in [-0.3, -0.25) is 0 Å². The second-order valence-corrected chi connectivity index (χ2v) is 5.21. The number of hydrogen-bond acceptors (Lipinski definition) is 2. The molecule has 0 bridgehead atoms. The predicted octanol–water partition coefficient (Wildman–Crippen LogP) is 2.59. The summed E-state index contributed by atoms with van der Waals surface area (Å²) >= 11 is 3.35. The Bertz CT molecular complexity index is 364. The number of hydrogen-bond donors (Lipinski definition) is 2. The molecule has 0 amide bonds. The molecule has 0 aliphatic carbocycles. The summed E-state index contributed by atoms with van der Waals surface area (Å²) in [7, 11) is 0. The van der Waals surface area contributed by atoms with E-state index in [1.165, 1.54) is 6.07 Å². The zero-order valence-electron chi connectivity index (χ0n) is 9.05. The van der Waals surface area contributed by atoms with E-state index in [1.807, 2.05) is 0 Å². The van der Waals surface area contributed by atoms with E-state index in [0.717, 1.165) is 30.4 Å². The lowest BCUT2D eigenvalue weighted by atomic mass is 9.88. The van der Waals surface area contributed by atoms with Crippen LogP contribution in [-0.2, 0) is 0 Å². The lowest BCUT2D eigenvalue weighted by molar-refractivity contribution is 0.321. The molecule has 0 radical (unpaired) electrons. The Labute approximate surface area is 104 Å². The van der Waals surface area contributed by atoms with E-state index in [1.54, 1.807) is 12.1 Å². The van der Waals surface area contributed by atoms with Crippen LogP contribution in [0.1, 0.15) is 24.4 Å². The maximum Gasteiger partial charge on any atom is 0.128 e. The largest absolute Gasteiger partial charge is 0.324 e. The van der Waals surface area contributed by atoms with Gasteiger partial charge < -0.3 is 11.1 Å². The number of benzene rings is 1. The second-order valence-electron chi connectivity index (χ2n) is 4.30. The normalized spacial score (nSPS) is 23.1. The van der Waals surface area contributed by atoms with E-state index in [-0.39, 0.29) is 11.9 Å². The monoisotopic (exact) mass is 286 g/mol. The lowest BCUT2D eigenvalue weighted by Crippen LogP contribution is -2.36. The zero-order chi connectivity index (χ0) is 11.5. The van der Waals surface area contributed by atoms with E-state index < -0.39 is 0 Å². The average Bonchev–Trinajstić information content (AvgIpc) is 2.32. The summed E-state index contributed by atoms with van der Waals surface area (Å²) in [5, 5.41) is 3.31. The molecule has 0 aromatic heterocycles. The van der Waals surface area contributed by atoms with Crippen LogP contribution in [0.2, 0.25) is 0 Å². The van der Waals surface area contributed by atoms with Crippen molar-refractivity contribution in [3.63, 3.8) is 0 Å². The number of piperidine rings is 1. The van der Waals surface area contributed by atoms with Gasteiger partial charge in [0.1, 0.15) is 5.82 Å². The van der Waals surface area contributed by atoms with Crippen LogP contribution in [0, 0.1) is 11.7 Å². The standard InChI is InChI=1S/C12H16BrFN2/c13-9-3-4-11(14)10(6-9)12(15)8-2-1-5-16-7-8/h3-4,6,8,12,16H,1-2,5,7,15H2. The van der Waals surface area contributed by atoms with E-state index in [0.29, 0.717) is 11.5 Å². The third-order valence-corrected chi connectivity index (χ3v) is 3.65. The number of nitrogens with one attached hydrogen (secondary N) is 1. The van der Waals surface area contributed by atoms with E-state index in [4.69, 9.17) is 5.73 Å². The Morgan fingerprint density at radius 1 is 1.50 bits per heavy atom. The molecule has 4 heteroatoms. The van der Waals surface area contributed by atoms with Crippen LogP contribution >= 0.6 is 15.9 Å². The minimum Gasteiger partial charge on any atom is -0.324 e. The van der Waals surface area contributed by atoms with Crippen molar-refractivity contribution in [3.8, 4) is 0 Å². The first kappa shape index (κ1) is 12.0. The molecule has 2 unspecified atom stereocenters. The molecular weight excluding hydrogens is 271 g/mol. The van der Waals surface area contributed by atoms with Gasteiger partial charge in [-0.05, 0) is 50.0 Å². The number of rotatable bonds is 2. The summed E-state index contributed by atoms with van der Waals surface area (Å²) in [6.07, 6.45) is 2.19. The summed E-state index contributed by atoms with van der Waals surface area (Å²) in [6, 6.07) is 4.74. The minimum atomic E-state index is -0.217. The molecule has 0 spiro atoms. The summed E-state index contributed by atoms with van der Waals surface area (Å²) in [5.41, 5.74) is 6.75. The summed E-state index contributed by atoms with van der Waals surface area (Å²) in [6.45, 7) is 1.93. The van der Waals surface area contributed by atoms with Gasteiger partial charge in [0.2, 0.25) is 0 Å². The Hall–Kier alpha value is -0.450. The average molecular weight is 287 g/mol. The molecule has 1 aromatic carbocycles. The van der Waals surface area contributed by atoms with Crippen molar-refractivity contribution in [1.29, 1.82) is 0 Å². The molecule has 1 aromatic rings. The van der Waals surface area contributed by atoms with Crippen LogP contribution in [0.25, 0.3) is 0 Å². The van der Waals surface area contributed by atoms with Gasteiger partial charge in [0.25, 0.3) is 0 Å². The van der Waals surface area contributed by atoms with E-state index >= 15 is 0 Å². The highest BCUT2D eigenvalue weighted by Gasteiger charge is 2.23. The maximum atomic E-state index is 13.7. The molecule has 1 aliphatic rings. The van der Waals surface area contributed by atoms with Crippen molar-refractivity contribution < 1.29 is 4.39 Å². The van der Waals surface area contributed by atoms with Crippen molar-refractivity contribution in [2.45, 2.75) is 18.9 Å². The van der Waals surface area contributed by atoms with Gasteiger partial charge in [-0.1, -0.05) is 15.9 Å². The van der Waals surface area contributed by atoms with Gasteiger partial charge in [0, 0.05) is 16.1 Å². The van der Waals surface area contributed by atoms with Crippen molar-refractivity contribution in [1.82, 2.24) is 5.32 Å². The highest BCUT2D eigenvalue weighted by Crippen LogP contribution is 2.28. The summed E-state index contributed by atoms with van der Waals surface area (Å²) < 4.78 is 14.5. The summed E-state index contributed by atoms with van der Waals surface area (Å²) in [5.74, 6) is 0.124. The molecule has 0 saturated carbocycles. The fourth-order valence-corrected chi connectivity index (χ4v) is 2.59. The molecule has 1 heterocycles. The van der Waals surface area contributed by atoms with Crippen molar-refractivity contribution >= 4 is 15.9 Å². The quantitative estimate of drug-likeness (QED) is 0.877. The Morgan fingerprint density at radius 2 is 2.31 bits per heavy atom. The molecule has 1 saturated heterocycles. The highest BCUT2D eigenvalue weighted by molar-refractivity contribution is 9.10. The Balaban J connectivity index is 2.18. The molecule has 1 aliphatic heterocycles. The van der Waals surface area contributed by atoms with Crippen molar-refractivity contribution in [2.24, 2.45) is 11.7 Å². The van der Waals surface area contributed by atoms with Gasteiger partial charge in [0.15, 0.2) is 0 Å². The second kappa shape index (κ2) is 5.25. The van der Waals surface area contributed by atoms with Crippen LogP contribution < -0.4 is 11.1 Å². The van der Waals surface area contributed by atoms with Crippen molar-refractivity contribution in [3.05, 3.63) is 34.1 Å². The van der Waals surface area contributed by atoms with Gasteiger partial charge in [-0.15, -0.1) is 0 Å². The zero-order valence-corrected chi connectivity index (χ0v) is 10.6. The van der Waals surface area contributed by atoms with Crippen LogP contribution in [0.3, 0.4) is 0 Å². The highest BCUT2D eigenvalue weighted by atomic mass is 79.9. The molecule has 16 heavy (non-hydrogen) atoms. The maximum absolute atomic E-state index is 13.7. The molecule has 2 atom stereocenters. The number of nitrogens with two attached hydrogens (primary N) is 1. The lowest BCUT2D eigenvalue weighted by Gasteiger charge is -2.28. The topological polar surface area (TPSA) is 38.0 Å². The molecule has 2 nitrogen and oxygen atoms in total. The first-order valence-corrected chi connectivity index (χ1v) is 6.39. The van der Waals surface area contributed by atoms with Gasteiger partial charge in [-0.2, -0.15) is 0 Å². The Kier molecular flexibility index (Phi) is 3.95. The van der Waals surface area contributed by atoms with Gasteiger partial charge >= 0.3 is 0 Å². The molecule has 88 valence electrons.